The Labute approximate surface area is 125 Å². The van der Waals surface area contributed by atoms with E-state index in [-0.39, 0.29) is 0 Å². The summed E-state index contributed by atoms with van der Waals surface area (Å²) < 4.78 is 7.62. The number of nitrogens with zero attached hydrogens (tertiary/aromatic N) is 3. The lowest BCUT2D eigenvalue weighted by molar-refractivity contribution is 0.108. The molecule has 0 saturated carbocycles. The molecule has 1 unspecified atom stereocenters. The average molecular weight is 292 g/mol. The van der Waals surface area contributed by atoms with E-state index in [1.165, 1.54) is 0 Å². The van der Waals surface area contributed by atoms with Crippen molar-refractivity contribution < 1.29 is 9.84 Å². The summed E-state index contributed by atoms with van der Waals surface area (Å²) in [5.41, 5.74) is 8.23. The number of aromatic nitrogens is 2. The van der Waals surface area contributed by atoms with Gasteiger partial charge in [-0.1, -0.05) is 0 Å². The predicted molar refractivity (Wildman–Crippen MR) is 84.2 cm³/mol. The highest BCUT2D eigenvalue weighted by molar-refractivity contribution is 5.79. The summed E-state index contributed by atoms with van der Waals surface area (Å²) in [7, 11) is 4.03. The van der Waals surface area contributed by atoms with Crippen LogP contribution in [-0.2, 0) is 11.3 Å². The van der Waals surface area contributed by atoms with Crippen molar-refractivity contribution in [2.24, 2.45) is 0 Å². The van der Waals surface area contributed by atoms with Crippen molar-refractivity contribution in [3.05, 3.63) is 24.0 Å². The maximum Gasteiger partial charge on any atom is 0.138 e. The van der Waals surface area contributed by atoms with E-state index in [1.807, 2.05) is 36.9 Å². The summed E-state index contributed by atoms with van der Waals surface area (Å²) in [6.07, 6.45) is -0.625. The highest BCUT2D eigenvalue weighted by Gasteiger charge is 2.14. The van der Waals surface area contributed by atoms with E-state index in [2.05, 4.69) is 9.88 Å². The molecule has 0 aliphatic rings. The van der Waals surface area contributed by atoms with Crippen LogP contribution in [0.4, 0.5) is 5.69 Å². The molecule has 6 nitrogen and oxygen atoms in total. The van der Waals surface area contributed by atoms with Crippen LogP contribution in [0.25, 0.3) is 11.0 Å². The van der Waals surface area contributed by atoms with E-state index in [1.54, 1.807) is 6.92 Å². The Bertz CT molecular complexity index is 593. The number of ether oxygens (including phenoxy) is 1. The molecule has 0 bridgehead atoms. The van der Waals surface area contributed by atoms with Crippen LogP contribution < -0.4 is 5.73 Å². The molecular formula is C15H24N4O2. The van der Waals surface area contributed by atoms with Gasteiger partial charge in [-0.15, -0.1) is 0 Å². The average Bonchev–Trinajstić information content (AvgIpc) is 2.76. The first-order valence-corrected chi connectivity index (χ1v) is 7.15. The Kier molecular flexibility index (Phi) is 5.17. The molecule has 21 heavy (non-hydrogen) atoms. The minimum absolute atomic E-state index is 0.587. The van der Waals surface area contributed by atoms with E-state index in [9.17, 15) is 5.11 Å². The van der Waals surface area contributed by atoms with Gasteiger partial charge in [0, 0.05) is 18.8 Å². The van der Waals surface area contributed by atoms with Gasteiger partial charge in [0.1, 0.15) is 11.9 Å². The lowest BCUT2D eigenvalue weighted by Gasteiger charge is -2.13. The van der Waals surface area contributed by atoms with Crippen LogP contribution in [0.2, 0.25) is 0 Å². The number of nitrogens with two attached hydrogens (primary N) is 1. The standard InChI is InChI=1S/C15H24N4O2/c1-11(20)15-17-13-10-12(16)4-5-14(13)19(15)7-9-21-8-6-18(2)3/h4-5,10-11,20H,6-9,16H2,1-3H3. The second-order valence-electron chi connectivity index (χ2n) is 5.46. The maximum atomic E-state index is 9.89. The van der Waals surface area contributed by atoms with Gasteiger partial charge in [0.25, 0.3) is 0 Å². The summed E-state index contributed by atoms with van der Waals surface area (Å²) >= 11 is 0. The number of imidazole rings is 1. The van der Waals surface area contributed by atoms with Crippen LogP contribution >= 0.6 is 0 Å². The zero-order valence-corrected chi connectivity index (χ0v) is 12.9. The van der Waals surface area contributed by atoms with Crippen molar-refractivity contribution in [2.75, 3.05) is 39.6 Å². The fraction of sp³-hybridized carbons (Fsp3) is 0.533. The summed E-state index contributed by atoms with van der Waals surface area (Å²) in [5, 5.41) is 9.89. The predicted octanol–water partition coefficient (Wildman–Crippen LogP) is 1.25. The molecule has 0 spiro atoms. The number of benzene rings is 1. The van der Waals surface area contributed by atoms with Crippen molar-refractivity contribution in [3.8, 4) is 0 Å². The van der Waals surface area contributed by atoms with E-state index >= 15 is 0 Å². The first-order valence-electron chi connectivity index (χ1n) is 7.15. The van der Waals surface area contributed by atoms with Crippen LogP contribution in [-0.4, -0.2) is 53.4 Å². The Morgan fingerprint density at radius 2 is 2.14 bits per heavy atom. The highest BCUT2D eigenvalue weighted by Crippen LogP contribution is 2.22. The molecule has 1 atom stereocenters. The lowest BCUT2D eigenvalue weighted by Crippen LogP contribution is -2.19. The molecule has 0 radical (unpaired) electrons. The molecule has 1 heterocycles. The Morgan fingerprint density at radius 1 is 1.38 bits per heavy atom. The van der Waals surface area contributed by atoms with Gasteiger partial charge < -0.3 is 25.0 Å². The molecule has 0 aliphatic carbocycles. The second-order valence-corrected chi connectivity index (χ2v) is 5.46. The summed E-state index contributed by atoms with van der Waals surface area (Å²) in [6.45, 7) is 4.55. The normalized spacial score (nSPS) is 13.2. The quantitative estimate of drug-likeness (QED) is 0.593. The Balaban J connectivity index is 2.11. The lowest BCUT2D eigenvalue weighted by atomic mass is 10.3. The zero-order valence-electron chi connectivity index (χ0n) is 12.9. The van der Waals surface area contributed by atoms with Crippen molar-refractivity contribution >= 4 is 16.7 Å². The van der Waals surface area contributed by atoms with Crippen molar-refractivity contribution in [2.45, 2.75) is 19.6 Å². The van der Waals surface area contributed by atoms with Crippen molar-refractivity contribution in [1.82, 2.24) is 14.5 Å². The number of hydrogen-bond donors (Lipinski definition) is 2. The van der Waals surface area contributed by atoms with Gasteiger partial charge >= 0.3 is 0 Å². The minimum atomic E-state index is -0.625. The molecule has 1 aromatic heterocycles. The van der Waals surface area contributed by atoms with Gasteiger partial charge in [-0.2, -0.15) is 0 Å². The van der Waals surface area contributed by atoms with Gasteiger partial charge in [0.2, 0.25) is 0 Å². The highest BCUT2D eigenvalue weighted by atomic mass is 16.5. The smallest absolute Gasteiger partial charge is 0.138 e. The fourth-order valence-electron chi connectivity index (χ4n) is 2.22. The van der Waals surface area contributed by atoms with Gasteiger partial charge in [-0.05, 0) is 39.2 Å². The van der Waals surface area contributed by atoms with E-state index < -0.39 is 6.10 Å². The van der Waals surface area contributed by atoms with E-state index in [0.717, 1.165) is 17.6 Å². The molecular weight excluding hydrogens is 268 g/mol. The van der Waals surface area contributed by atoms with E-state index in [0.29, 0.717) is 31.3 Å². The van der Waals surface area contributed by atoms with E-state index in [4.69, 9.17) is 10.5 Å². The topological polar surface area (TPSA) is 76.5 Å². The van der Waals surface area contributed by atoms with Crippen molar-refractivity contribution in [1.29, 1.82) is 0 Å². The van der Waals surface area contributed by atoms with Gasteiger partial charge in [-0.3, -0.25) is 0 Å². The second kappa shape index (κ2) is 6.89. The minimum Gasteiger partial charge on any atom is -0.399 e. The van der Waals surface area contributed by atoms with Crippen LogP contribution in [0.1, 0.15) is 18.9 Å². The molecule has 6 heteroatoms. The number of likely N-dealkylation sites (N-methyl/N-ethyl adjacent to an activating group) is 1. The zero-order chi connectivity index (χ0) is 15.4. The summed E-state index contributed by atoms with van der Waals surface area (Å²) in [6, 6.07) is 5.60. The summed E-state index contributed by atoms with van der Waals surface area (Å²) in [5.74, 6) is 0.645. The third-order valence-corrected chi connectivity index (χ3v) is 3.32. The first-order chi connectivity index (χ1) is 9.99. The summed E-state index contributed by atoms with van der Waals surface area (Å²) in [4.78, 5) is 6.55. The molecule has 2 aromatic rings. The molecule has 0 fully saturated rings. The number of hydrogen-bond acceptors (Lipinski definition) is 5. The molecule has 0 amide bonds. The number of nitrogen functional groups attached to an aromatic ring is 1. The Hall–Kier alpha value is -1.63. The van der Waals surface area contributed by atoms with Gasteiger partial charge in [0.05, 0.1) is 24.2 Å². The molecule has 0 saturated heterocycles. The number of rotatable bonds is 7. The van der Waals surface area contributed by atoms with Gasteiger partial charge in [-0.25, -0.2) is 4.98 Å². The SMILES string of the molecule is CC(O)c1nc2cc(N)ccc2n1CCOCCN(C)C. The fourth-order valence-corrected chi connectivity index (χ4v) is 2.22. The third-order valence-electron chi connectivity index (χ3n) is 3.32. The van der Waals surface area contributed by atoms with Crippen LogP contribution in [0.5, 0.6) is 0 Å². The molecule has 0 aliphatic heterocycles. The Morgan fingerprint density at radius 3 is 2.81 bits per heavy atom. The number of anilines is 1. The van der Waals surface area contributed by atoms with Crippen LogP contribution in [0.15, 0.2) is 18.2 Å². The largest absolute Gasteiger partial charge is 0.399 e. The third kappa shape index (κ3) is 3.93. The molecule has 3 N–H and O–H groups in total. The van der Waals surface area contributed by atoms with Crippen LogP contribution in [0, 0.1) is 0 Å². The first kappa shape index (κ1) is 15.8. The monoisotopic (exact) mass is 292 g/mol. The number of aliphatic hydroxyl groups is 1. The van der Waals surface area contributed by atoms with Crippen molar-refractivity contribution in [3.63, 3.8) is 0 Å². The number of aliphatic hydroxyl groups excluding tert-OH is 1. The van der Waals surface area contributed by atoms with Crippen LogP contribution in [0.3, 0.4) is 0 Å². The van der Waals surface area contributed by atoms with Gasteiger partial charge in [0.15, 0.2) is 0 Å². The maximum absolute atomic E-state index is 9.89. The number of fused-ring (bicyclic) bond motifs is 1. The molecule has 116 valence electrons. The molecule has 2 rings (SSSR count). The molecule has 1 aromatic carbocycles.